The second-order valence-corrected chi connectivity index (χ2v) is 6.01. The molecule has 1 aromatic rings. The van der Waals surface area contributed by atoms with E-state index in [1.807, 2.05) is 11.3 Å². The van der Waals surface area contributed by atoms with Crippen molar-refractivity contribution >= 4 is 11.3 Å². The van der Waals surface area contributed by atoms with Crippen molar-refractivity contribution < 1.29 is 4.74 Å². The van der Waals surface area contributed by atoms with Crippen LogP contribution in [0.15, 0.2) is 12.1 Å². The lowest BCUT2D eigenvalue weighted by atomic mass is 10.0. The van der Waals surface area contributed by atoms with Gasteiger partial charge in [-0.1, -0.05) is 0 Å². The number of hydrogen-bond donors (Lipinski definition) is 1. The van der Waals surface area contributed by atoms with Gasteiger partial charge in [-0.05, 0) is 38.4 Å². The lowest BCUT2D eigenvalue weighted by Crippen LogP contribution is -2.43. The highest BCUT2D eigenvalue weighted by Gasteiger charge is 2.26. The number of rotatable bonds is 4. The zero-order chi connectivity index (χ0) is 12.3. The second-order valence-electron chi connectivity index (χ2n) is 4.69. The summed E-state index contributed by atoms with van der Waals surface area (Å²) in [6.07, 6.45) is 2.76. The molecule has 0 spiro atoms. The molecule has 1 aromatic heterocycles. The van der Waals surface area contributed by atoms with Gasteiger partial charge in [0.1, 0.15) is 0 Å². The van der Waals surface area contributed by atoms with Gasteiger partial charge in [0.05, 0.1) is 12.1 Å². The molecule has 0 amide bonds. The maximum atomic E-state index is 5.96. The van der Waals surface area contributed by atoms with Crippen LogP contribution in [-0.4, -0.2) is 37.7 Å². The van der Waals surface area contributed by atoms with E-state index >= 15 is 0 Å². The molecule has 2 N–H and O–H groups in total. The van der Waals surface area contributed by atoms with E-state index in [1.165, 1.54) is 22.6 Å². The van der Waals surface area contributed by atoms with Crippen LogP contribution >= 0.6 is 11.3 Å². The third-order valence-corrected chi connectivity index (χ3v) is 4.60. The molecule has 96 valence electrons. The van der Waals surface area contributed by atoms with Crippen molar-refractivity contribution in [2.45, 2.75) is 31.9 Å². The molecule has 2 rings (SSSR count). The van der Waals surface area contributed by atoms with Crippen LogP contribution < -0.4 is 5.73 Å². The summed E-state index contributed by atoms with van der Waals surface area (Å²) in [7, 11) is 1.81. The number of aryl methyl sites for hydroxylation is 1. The first-order chi connectivity index (χ1) is 8.24. The van der Waals surface area contributed by atoms with Crippen LogP contribution in [0.1, 0.15) is 28.6 Å². The molecular weight excluding hydrogens is 232 g/mol. The predicted molar refractivity (Wildman–Crippen MR) is 72.5 cm³/mol. The highest BCUT2D eigenvalue weighted by Crippen LogP contribution is 2.29. The Kier molecular flexibility index (Phi) is 4.56. The molecule has 0 aliphatic carbocycles. The molecule has 1 fully saturated rings. The van der Waals surface area contributed by atoms with E-state index in [1.54, 1.807) is 7.11 Å². The smallest absolute Gasteiger partial charge is 0.0698 e. The van der Waals surface area contributed by atoms with Crippen LogP contribution in [0.5, 0.6) is 0 Å². The van der Waals surface area contributed by atoms with Crippen molar-refractivity contribution in [2.75, 3.05) is 26.7 Å². The molecule has 3 nitrogen and oxygen atoms in total. The van der Waals surface area contributed by atoms with Crippen LogP contribution in [-0.2, 0) is 4.74 Å². The normalized spacial score (nSPS) is 23.8. The fraction of sp³-hybridized carbons (Fsp3) is 0.692. The first-order valence-electron chi connectivity index (χ1n) is 6.28. The average Bonchev–Trinajstić information content (AvgIpc) is 2.77. The molecular formula is C13H22N2OS. The lowest BCUT2D eigenvalue weighted by molar-refractivity contribution is 0.0161. The van der Waals surface area contributed by atoms with E-state index in [9.17, 15) is 0 Å². The van der Waals surface area contributed by atoms with Crippen molar-refractivity contribution in [3.05, 3.63) is 21.9 Å². The van der Waals surface area contributed by atoms with Gasteiger partial charge in [-0.15, -0.1) is 11.3 Å². The zero-order valence-electron chi connectivity index (χ0n) is 10.7. The van der Waals surface area contributed by atoms with E-state index in [0.29, 0.717) is 18.7 Å². The first-order valence-corrected chi connectivity index (χ1v) is 7.09. The number of thiophene rings is 1. The van der Waals surface area contributed by atoms with Crippen molar-refractivity contribution in [1.29, 1.82) is 0 Å². The fourth-order valence-corrected chi connectivity index (χ4v) is 3.54. The van der Waals surface area contributed by atoms with Crippen molar-refractivity contribution in [1.82, 2.24) is 4.90 Å². The summed E-state index contributed by atoms with van der Waals surface area (Å²) >= 11 is 1.86. The molecule has 1 aliphatic rings. The van der Waals surface area contributed by atoms with Crippen LogP contribution in [0.25, 0.3) is 0 Å². The third kappa shape index (κ3) is 3.07. The van der Waals surface area contributed by atoms with Crippen LogP contribution in [0.2, 0.25) is 0 Å². The maximum absolute atomic E-state index is 5.96. The molecule has 1 saturated heterocycles. The Morgan fingerprint density at radius 1 is 1.59 bits per heavy atom. The minimum atomic E-state index is 0.367. The molecule has 4 heteroatoms. The molecule has 0 aromatic carbocycles. The lowest BCUT2D eigenvalue weighted by Gasteiger charge is -2.36. The van der Waals surface area contributed by atoms with Gasteiger partial charge in [-0.2, -0.15) is 0 Å². The quantitative estimate of drug-likeness (QED) is 0.895. The molecule has 1 aliphatic heterocycles. The minimum absolute atomic E-state index is 0.367. The van der Waals surface area contributed by atoms with E-state index < -0.39 is 0 Å². The number of likely N-dealkylation sites (tertiary alicyclic amines) is 1. The highest BCUT2D eigenvalue weighted by molar-refractivity contribution is 7.12. The zero-order valence-corrected chi connectivity index (χ0v) is 11.5. The Labute approximate surface area is 108 Å². The first kappa shape index (κ1) is 13.0. The molecule has 0 bridgehead atoms. The van der Waals surface area contributed by atoms with Crippen LogP contribution in [0, 0.1) is 6.92 Å². The molecule has 2 heterocycles. The van der Waals surface area contributed by atoms with Gasteiger partial charge >= 0.3 is 0 Å². The van der Waals surface area contributed by atoms with Crippen molar-refractivity contribution in [3.8, 4) is 0 Å². The second kappa shape index (κ2) is 5.96. The van der Waals surface area contributed by atoms with E-state index in [-0.39, 0.29) is 0 Å². The summed E-state index contributed by atoms with van der Waals surface area (Å²) in [4.78, 5) is 5.23. The van der Waals surface area contributed by atoms with Gasteiger partial charge in [0, 0.05) is 30.0 Å². The van der Waals surface area contributed by atoms with Gasteiger partial charge in [0.2, 0.25) is 0 Å². The Morgan fingerprint density at radius 2 is 2.41 bits per heavy atom. The summed E-state index contributed by atoms with van der Waals surface area (Å²) in [5.74, 6) is 0. The summed E-state index contributed by atoms with van der Waals surface area (Å²) in [6.45, 7) is 4.99. The maximum Gasteiger partial charge on any atom is 0.0698 e. The molecule has 17 heavy (non-hydrogen) atoms. The van der Waals surface area contributed by atoms with Gasteiger partial charge in [0.25, 0.3) is 0 Å². The number of piperidine rings is 1. The molecule has 2 atom stereocenters. The van der Waals surface area contributed by atoms with Crippen molar-refractivity contribution in [2.24, 2.45) is 5.73 Å². The van der Waals surface area contributed by atoms with Gasteiger partial charge < -0.3 is 10.5 Å². The van der Waals surface area contributed by atoms with Crippen LogP contribution in [0.3, 0.4) is 0 Å². The Balaban J connectivity index is 2.07. The largest absolute Gasteiger partial charge is 0.380 e. The number of nitrogens with two attached hydrogens (primary N) is 1. The Bertz CT molecular complexity index is 353. The van der Waals surface area contributed by atoms with Gasteiger partial charge in [-0.25, -0.2) is 0 Å². The number of methoxy groups -OCH3 is 1. The summed E-state index contributed by atoms with van der Waals surface area (Å²) < 4.78 is 5.48. The van der Waals surface area contributed by atoms with E-state index in [2.05, 4.69) is 24.0 Å². The van der Waals surface area contributed by atoms with E-state index in [0.717, 1.165) is 13.1 Å². The van der Waals surface area contributed by atoms with Gasteiger partial charge in [-0.3, -0.25) is 4.90 Å². The monoisotopic (exact) mass is 254 g/mol. The summed E-state index contributed by atoms with van der Waals surface area (Å²) in [5, 5.41) is 0. The molecule has 0 saturated carbocycles. The summed E-state index contributed by atoms with van der Waals surface area (Å²) in [6, 6.07) is 4.76. The Hall–Kier alpha value is -0.420. The number of nitrogens with zero attached hydrogens (tertiary/aromatic N) is 1. The van der Waals surface area contributed by atoms with Gasteiger partial charge in [0.15, 0.2) is 0 Å². The van der Waals surface area contributed by atoms with Crippen molar-refractivity contribution in [3.63, 3.8) is 0 Å². The van der Waals surface area contributed by atoms with Crippen LogP contribution in [0.4, 0.5) is 0 Å². The molecule has 0 radical (unpaired) electrons. The van der Waals surface area contributed by atoms with E-state index in [4.69, 9.17) is 10.5 Å². The predicted octanol–water partition coefficient (Wildman–Crippen LogP) is 2.17. The topological polar surface area (TPSA) is 38.5 Å². The number of ether oxygens (including phenoxy) is 1. The molecule has 2 unspecified atom stereocenters. The third-order valence-electron chi connectivity index (χ3n) is 3.50. The SMILES string of the molecule is COC1CCCN(C(CN)c2ccc(C)s2)C1. The fourth-order valence-electron chi connectivity index (χ4n) is 2.52. The minimum Gasteiger partial charge on any atom is -0.380 e. The standard InChI is InChI=1S/C13H22N2OS/c1-10-5-6-13(17-10)12(8-14)15-7-3-4-11(9-15)16-2/h5-6,11-12H,3-4,7-9,14H2,1-2H3. The number of hydrogen-bond acceptors (Lipinski definition) is 4. The highest BCUT2D eigenvalue weighted by atomic mass is 32.1. The summed E-state index contributed by atoms with van der Waals surface area (Å²) in [5.41, 5.74) is 5.96. The Morgan fingerprint density at radius 3 is 3.00 bits per heavy atom. The average molecular weight is 254 g/mol.